The number of likely N-dealkylation sites (N-methyl/N-ethyl adjacent to an activating group) is 1. The van der Waals surface area contributed by atoms with Gasteiger partial charge in [-0.1, -0.05) is 0 Å². The van der Waals surface area contributed by atoms with E-state index in [1.807, 2.05) is 5.32 Å². The van der Waals surface area contributed by atoms with Crippen molar-refractivity contribution < 1.29 is 27.9 Å². The van der Waals surface area contributed by atoms with Crippen molar-refractivity contribution in [3.8, 4) is 0 Å². The maximum absolute atomic E-state index is 13.1. The van der Waals surface area contributed by atoms with Gasteiger partial charge in [-0.2, -0.15) is 0 Å². The van der Waals surface area contributed by atoms with E-state index in [0.29, 0.717) is 4.90 Å². The molecule has 0 aliphatic heterocycles. The van der Waals surface area contributed by atoms with Gasteiger partial charge in [0, 0.05) is 11.4 Å². The lowest BCUT2D eigenvalue weighted by molar-refractivity contribution is -0.133. The Hall–Kier alpha value is -2.16. The van der Waals surface area contributed by atoms with E-state index >= 15 is 0 Å². The first kappa shape index (κ1) is 19.9. The zero-order valence-electron chi connectivity index (χ0n) is 13.3. The smallest absolute Gasteiger partial charge is 0.413 e. The number of carbonyl (C=O) groups is 3. The highest BCUT2D eigenvalue weighted by Gasteiger charge is 2.18. The number of benzene rings is 1. The highest BCUT2D eigenvalue weighted by molar-refractivity contribution is 8.00. The van der Waals surface area contributed by atoms with Crippen molar-refractivity contribution in [3.05, 3.63) is 29.8 Å². The second kappa shape index (κ2) is 9.86. The minimum absolute atomic E-state index is 0.0500. The van der Waals surface area contributed by atoms with E-state index in [-0.39, 0.29) is 31.4 Å². The Morgan fingerprint density at radius 3 is 2.50 bits per heavy atom. The molecule has 0 saturated heterocycles. The van der Waals surface area contributed by atoms with E-state index in [1.165, 1.54) is 11.0 Å². The van der Waals surface area contributed by atoms with Crippen LogP contribution in [0.5, 0.6) is 0 Å². The summed E-state index contributed by atoms with van der Waals surface area (Å²) in [7, 11) is 0. The van der Waals surface area contributed by atoms with Gasteiger partial charge in [0.05, 0.1) is 12.4 Å². The van der Waals surface area contributed by atoms with E-state index in [4.69, 9.17) is 0 Å². The van der Waals surface area contributed by atoms with Crippen molar-refractivity contribution >= 4 is 29.7 Å². The van der Waals surface area contributed by atoms with Crippen molar-refractivity contribution in [2.45, 2.75) is 18.7 Å². The number of carbonyl (C=O) groups excluding carboxylic acids is 3. The predicted molar refractivity (Wildman–Crippen MR) is 84.5 cm³/mol. The number of nitrogens with one attached hydrogen (secondary N) is 1. The Morgan fingerprint density at radius 2 is 1.92 bits per heavy atom. The molecule has 0 aliphatic rings. The number of ether oxygens (including phenoxy) is 1. The first-order chi connectivity index (χ1) is 11.4. The Balaban J connectivity index is 2.52. The molecule has 0 aromatic heterocycles. The van der Waals surface area contributed by atoms with Gasteiger partial charge in [-0.15, -0.1) is 11.8 Å². The first-order valence-corrected chi connectivity index (χ1v) is 8.18. The molecule has 6 nitrogen and oxygen atoms in total. The van der Waals surface area contributed by atoms with Crippen LogP contribution < -0.4 is 5.32 Å². The number of thioether (sulfide) groups is 1. The summed E-state index contributed by atoms with van der Waals surface area (Å²) >= 11 is 1.02. The highest BCUT2D eigenvalue weighted by Crippen LogP contribution is 2.20. The zero-order valence-corrected chi connectivity index (χ0v) is 14.1. The van der Waals surface area contributed by atoms with Crippen LogP contribution in [0.2, 0.25) is 0 Å². The minimum Gasteiger partial charge on any atom is -0.450 e. The van der Waals surface area contributed by atoms with Gasteiger partial charge in [0.1, 0.15) is 6.54 Å². The molecule has 0 spiro atoms. The van der Waals surface area contributed by atoms with E-state index in [9.17, 15) is 23.2 Å². The van der Waals surface area contributed by atoms with Crippen molar-refractivity contribution in [2.75, 3.05) is 25.4 Å². The molecule has 1 N–H and O–H groups in total. The second-order valence-corrected chi connectivity index (χ2v) is 5.59. The summed E-state index contributed by atoms with van der Waals surface area (Å²) in [5.41, 5.74) is 0. The summed E-state index contributed by atoms with van der Waals surface area (Å²) in [5.74, 6) is -3.04. The molecule has 0 saturated carbocycles. The summed E-state index contributed by atoms with van der Waals surface area (Å²) in [6.45, 7) is 3.36. The number of nitrogens with zero attached hydrogens (tertiary/aromatic N) is 1. The molecule has 3 amide bonds. The van der Waals surface area contributed by atoms with Crippen molar-refractivity contribution in [2.24, 2.45) is 0 Å². The number of halogens is 2. The predicted octanol–water partition coefficient (Wildman–Crippen LogP) is 2.18. The Morgan fingerprint density at radius 1 is 1.21 bits per heavy atom. The molecule has 0 fully saturated rings. The standard InChI is InChI=1S/C15H18F2N2O4S/c1-3-19(8-13(20)18-15(22)23-4-2)14(21)9-24-10-5-6-11(16)12(17)7-10/h5-7H,3-4,8-9H2,1-2H3,(H,18,20,22). The van der Waals surface area contributed by atoms with Crippen LogP contribution in [-0.4, -0.2) is 48.3 Å². The first-order valence-electron chi connectivity index (χ1n) is 7.19. The van der Waals surface area contributed by atoms with Crippen LogP contribution in [0.4, 0.5) is 13.6 Å². The van der Waals surface area contributed by atoms with Gasteiger partial charge in [0.15, 0.2) is 11.6 Å². The average Bonchev–Trinajstić information content (AvgIpc) is 2.53. The highest BCUT2D eigenvalue weighted by atomic mass is 32.2. The molecule has 1 aromatic rings. The third kappa shape index (κ3) is 6.53. The maximum atomic E-state index is 13.1. The molecular formula is C15H18F2N2O4S. The van der Waals surface area contributed by atoms with Crippen molar-refractivity contribution in [1.29, 1.82) is 0 Å². The summed E-state index contributed by atoms with van der Waals surface area (Å²) in [6, 6.07) is 3.34. The lowest BCUT2D eigenvalue weighted by Gasteiger charge is -2.19. The fraction of sp³-hybridized carbons (Fsp3) is 0.400. The normalized spacial score (nSPS) is 10.2. The van der Waals surface area contributed by atoms with Crippen LogP contribution >= 0.6 is 11.8 Å². The summed E-state index contributed by atoms with van der Waals surface area (Å²) < 4.78 is 30.5. The molecule has 0 aliphatic carbocycles. The average molecular weight is 360 g/mol. The number of hydrogen-bond donors (Lipinski definition) is 1. The number of rotatable bonds is 7. The van der Waals surface area contributed by atoms with Gasteiger partial charge in [-0.3, -0.25) is 14.9 Å². The van der Waals surface area contributed by atoms with E-state index in [0.717, 1.165) is 23.9 Å². The van der Waals surface area contributed by atoms with Crippen LogP contribution in [0.25, 0.3) is 0 Å². The van der Waals surface area contributed by atoms with Gasteiger partial charge < -0.3 is 9.64 Å². The lowest BCUT2D eigenvalue weighted by atomic mass is 10.3. The Bertz CT molecular complexity index is 613. The number of imide groups is 1. The van der Waals surface area contributed by atoms with Crippen molar-refractivity contribution in [1.82, 2.24) is 10.2 Å². The van der Waals surface area contributed by atoms with E-state index in [2.05, 4.69) is 4.74 Å². The fourth-order valence-electron chi connectivity index (χ4n) is 1.67. The molecular weight excluding hydrogens is 342 g/mol. The van der Waals surface area contributed by atoms with E-state index in [1.54, 1.807) is 13.8 Å². The minimum atomic E-state index is -0.992. The molecule has 132 valence electrons. The quantitative estimate of drug-likeness (QED) is 0.755. The summed E-state index contributed by atoms with van der Waals surface area (Å²) in [4.78, 5) is 36.5. The van der Waals surface area contributed by atoms with Gasteiger partial charge in [0.2, 0.25) is 11.8 Å². The molecule has 1 rings (SSSR count). The maximum Gasteiger partial charge on any atom is 0.413 e. The number of hydrogen-bond acceptors (Lipinski definition) is 5. The molecule has 1 aromatic carbocycles. The molecule has 0 radical (unpaired) electrons. The largest absolute Gasteiger partial charge is 0.450 e. The van der Waals surface area contributed by atoms with Gasteiger partial charge in [-0.05, 0) is 32.0 Å². The lowest BCUT2D eigenvalue weighted by Crippen LogP contribution is -2.43. The topological polar surface area (TPSA) is 75.7 Å². The third-order valence-electron chi connectivity index (χ3n) is 2.84. The van der Waals surface area contributed by atoms with Gasteiger partial charge >= 0.3 is 6.09 Å². The number of amides is 3. The number of alkyl carbamates (subject to hydrolysis) is 1. The van der Waals surface area contributed by atoms with E-state index < -0.39 is 23.6 Å². The third-order valence-corrected chi connectivity index (χ3v) is 3.82. The van der Waals surface area contributed by atoms with Crippen molar-refractivity contribution in [3.63, 3.8) is 0 Å². The molecule has 0 unspecified atom stereocenters. The monoisotopic (exact) mass is 360 g/mol. The van der Waals surface area contributed by atoms with Crippen LogP contribution in [-0.2, 0) is 14.3 Å². The van der Waals surface area contributed by atoms with Gasteiger partial charge in [0.25, 0.3) is 0 Å². The Labute approximate surface area is 142 Å². The fourth-order valence-corrected chi connectivity index (χ4v) is 2.50. The molecule has 0 atom stereocenters. The van der Waals surface area contributed by atoms with Crippen LogP contribution in [0, 0.1) is 11.6 Å². The molecule has 24 heavy (non-hydrogen) atoms. The molecule has 9 heteroatoms. The summed E-state index contributed by atoms with van der Waals surface area (Å²) in [5, 5.41) is 2.00. The summed E-state index contributed by atoms with van der Waals surface area (Å²) in [6.07, 6.45) is -0.873. The van der Waals surface area contributed by atoms with Crippen LogP contribution in [0.1, 0.15) is 13.8 Å². The molecule has 0 heterocycles. The van der Waals surface area contributed by atoms with Gasteiger partial charge in [-0.25, -0.2) is 13.6 Å². The second-order valence-electron chi connectivity index (χ2n) is 4.54. The Kier molecular flexibility index (Phi) is 8.17. The SMILES string of the molecule is CCOC(=O)NC(=O)CN(CC)C(=O)CSc1ccc(F)c(F)c1. The van der Waals surface area contributed by atoms with Crippen LogP contribution in [0.15, 0.2) is 23.1 Å². The molecule has 0 bridgehead atoms. The van der Waals surface area contributed by atoms with Crippen LogP contribution in [0.3, 0.4) is 0 Å². The zero-order chi connectivity index (χ0) is 18.1.